The Morgan fingerprint density at radius 1 is 1.48 bits per heavy atom. The molecule has 0 saturated carbocycles. The van der Waals surface area contributed by atoms with Crippen LogP contribution in [0.5, 0.6) is 5.75 Å². The molecule has 0 spiro atoms. The summed E-state index contributed by atoms with van der Waals surface area (Å²) in [6.07, 6.45) is -4.99. The van der Waals surface area contributed by atoms with Gasteiger partial charge in [-0.3, -0.25) is 15.5 Å². The summed E-state index contributed by atoms with van der Waals surface area (Å²) < 4.78 is 39.6. The van der Waals surface area contributed by atoms with E-state index in [1.807, 2.05) is 0 Å². The number of benzene rings is 1. The zero-order chi connectivity index (χ0) is 16.2. The van der Waals surface area contributed by atoms with Crippen LogP contribution in [0.3, 0.4) is 0 Å². The highest BCUT2D eigenvalue weighted by Crippen LogP contribution is 2.31. The Balaban J connectivity index is 3.08. The van der Waals surface area contributed by atoms with Crippen molar-refractivity contribution in [1.82, 2.24) is 0 Å². The third-order valence-corrected chi connectivity index (χ3v) is 2.05. The summed E-state index contributed by atoms with van der Waals surface area (Å²) in [6, 6.07) is 2.29. The van der Waals surface area contributed by atoms with Crippen LogP contribution in [0.25, 0.3) is 0 Å². The van der Waals surface area contributed by atoms with Gasteiger partial charge in [0.25, 0.3) is 5.69 Å². The minimum atomic E-state index is -4.99. The molecule has 21 heavy (non-hydrogen) atoms. The van der Waals surface area contributed by atoms with Crippen molar-refractivity contribution in [1.29, 1.82) is 0 Å². The van der Waals surface area contributed by atoms with Crippen molar-refractivity contribution in [3.8, 4) is 5.75 Å². The summed E-state index contributed by atoms with van der Waals surface area (Å²) in [5.41, 5.74) is 0.672. The first-order valence-electron chi connectivity index (χ1n) is 5.18. The van der Waals surface area contributed by atoms with E-state index in [4.69, 9.17) is 5.11 Å². The number of anilines is 1. The Bertz CT molecular complexity index is 600. The third-order valence-electron chi connectivity index (χ3n) is 2.05. The number of carbonyl (C=O) groups is 1. The molecule has 0 saturated heterocycles. The van der Waals surface area contributed by atoms with Gasteiger partial charge in [0, 0.05) is 0 Å². The SMILES string of the molecule is CC(=NNc1ccc(OC(F)(F)F)cc1[N+](=O)[O-])C(=O)O. The van der Waals surface area contributed by atoms with E-state index in [2.05, 4.69) is 15.3 Å². The number of halogens is 3. The molecule has 0 aliphatic heterocycles. The van der Waals surface area contributed by atoms with E-state index in [9.17, 15) is 28.1 Å². The number of carboxylic acids is 1. The number of aliphatic carboxylic acids is 1. The summed E-state index contributed by atoms with van der Waals surface area (Å²) >= 11 is 0. The lowest BCUT2D eigenvalue weighted by molar-refractivity contribution is -0.384. The van der Waals surface area contributed by atoms with Crippen molar-refractivity contribution in [2.24, 2.45) is 5.10 Å². The fraction of sp³-hybridized carbons (Fsp3) is 0.200. The molecule has 0 bridgehead atoms. The van der Waals surface area contributed by atoms with E-state index in [1.54, 1.807) is 0 Å². The number of alkyl halides is 3. The molecule has 0 radical (unpaired) electrons. The average molecular weight is 307 g/mol. The van der Waals surface area contributed by atoms with E-state index in [0.717, 1.165) is 19.1 Å². The van der Waals surface area contributed by atoms with Gasteiger partial charge in [-0.2, -0.15) is 5.10 Å². The predicted octanol–water partition coefficient (Wildman–Crippen LogP) is 2.37. The van der Waals surface area contributed by atoms with E-state index >= 15 is 0 Å². The van der Waals surface area contributed by atoms with Gasteiger partial charge < -0.3 is 9.84 Å². The molecule has 8 nitrogen and oxygen atoms in total. The lowest BCUT2D eigenvalue weighted by atomic mass is 10.2. The van der Waals surface area contributed by atoms with Gasteiger partial charge >= 0.3 is 12.3 Å². The zero-order valence-electron chi connectivity index (χ0n) is 10.3. The number of carboxylic acid groups (broad SMARTS) is 1. The number of hydrogen-bond acceptors (Lipinski definition) is 6. The molecule has 0 unspecified atom stereocenters. The first-order chi connectivity index (χ1) is 9.60. The standard InChI is InChI=1S/C10H8F3N3O5/c1-5(9(17)18)14-15-7-3-2-6(21-10(11,12)13)4-8(7)16(19)20/h2-4,15H,1H3,(H,17,18). The molecular formula is C10H8F3N3O5. The van der Waals surface area contributed by atoms with Gasteiger partial charge in [0.2, 0.25) is 0 Å². The molecule has 0 amide bonds. The van der Waals surface area contributed by atoms with Crippen molar-refractivity contribution in [2.45, 2.75) is 13.3 Å². The zero-order valence-corrected chi connectivity index (χ0v) is 10.3. The second kappa shape index (κ2) is 6.07. The number of nitro benzene ring substituents is 1. The number of rotatable bonds is 5. The predicted molar refractivity (Wildman–Crippen MR) is 64.1 cm³/mol. The largest absolute Gasteiger partial charge is 0.573 e. The van der Waals surface area contributed by atoms with Crippen LogP contribution in [0.1, 0.15) is 6.92 Å². The van der Waals surface area contributed by atoms with Crippen LogP contribution in [0.2, 0.25) is 0 Å². The molecule has 0 fully saturated rings. The van der Waals surface area contributed by atoms with E-state index in [1.165, 1.54) is 0 Å². The van der Waals surface area contributed by atoms with Crippen LogP contribution < -0.4 is 10.2 Å². The normalized spacial score (nSPS) is 11.9. The highest BCUT2D eigenvalue weighted by atomic mass is 19.4. The van der Waals surface area contributed by atoms with Gasteiger partial charge in [-0.25, -0.2) is 4.79 Å². The van der Waals surface area contributed by atoms with Gasteiger partial charge in [0.1, 0.15) is 17.1 Å². The van der Waals surface area contributed by atoms with Crippen LogP contribution in [-0.2, 0) is 4.79 Å². The molecule has 1 rings (SSSR count). The van der Waals surface area contributed by atoms with E-state index in [-0.39, 0.29) is 11.4 Å². The minimum Gasteiger partial charge on any atom is -0.477 e. The van der Waals surface area contributed by atoms with Crippen LogP contribution in [0.15, 0.2) is 23.3 Å². The van der Waals surface area contributed by atoms with Gasteiger partial charge in [-0.15, -0.1) is 13.2 Å². The summed E-state index contributed by atoms with van der Waals surface area (Å²) in [5, 5.41) is 22.7. The molecular weight excluding hydrogens is 299 g/mol. The van der Waals surface area contributed by atoms with E-state index in [0.29, 0.717) is 6.07 Å². The fourth-order valence-corrected chi connectivity index (χ4v) is 1.15. The van der Waals surface area contributed by atoms with Crippen LogP contribution in [0, 0.1) is 10.1 Å². The molecule has 11 heteroatoms. The summed E-state index contributed by atoms with van der Waals surface area (Å²) in [7, 11) is 0. The smallest absolute Gasteiger partial charge is 0.477 e. The molecule has 0 aliphatic rings. The van der Waals surface area contributed by atoms with Gasteiger partial charge in [-0.05, 0) is 19.1 Å². The maximum Gasteiger partial charge on any atom is 0.573 e. The number of ether oxygens (including phenoxy) is 1. The van der Waals surface area contributed by atoms with Crippen molar-refractivity contribution < 1.29 is 32.7 Å². The average Bonchev–Trinajstić information content (AvgIpc) is 2.34. The van der Waals surface area contributed by atoms with Gasteiger partial charge in [0.15, 0.2) is 0 Å². The van der Waals surface area contributed by atoms with Crippen LogP contribution in [-0.4, -0.2) is 28.1 Å². The molecule has 0 heterocycles. The molecule has 114 valence electrons. The van der Waals surface area contributed by atoms with Crippen molar-refractivity contribution in [3.05, 3.63) is 28.3 Å². The number of hydrazone groups is 1. The Kier molecular flexibility index (Phi) is 4.68. The Hall–Kier alpha value is -2.85. The molecule has 2 N–H and O–H groups in total. The highest BCUT2D eigenvalue weighted by molar-refractivity contribution is 6.34. The molecule has 1 aromatic rings. The van der Waals surface area contributed by atoms with Gasteiger partial charge in [-0.1, -0.05) is 0 Å². The minimum absolute atomic E-state index is 0.282. The van der Waals surface area contributed by atoms with Crippen molar-refractivity contribution in [2.75, 3.05) is 5.43 Å². The second-order valence-electron chi connectivity index (χ2n) is 3.60. The Labute approximate surface area is 115 Å². The number of hydrogen-bond donors (Lipinski definition) is 2. The summed E-state index contributed by atoms with van der Waals surface area (Å²) in [5.74, 6) is -2.14. The second-order valence-corrected chi connectivity index (χ2v) is 3.60. The van der Waals surface area contributed by atoms with Crippen LogP contribution >= 0.6 is 0 Å². The van der Waals surface area contributed by atoms with Crippen molar-refractivity contribution in [3.63, 3.8) is 0 Å². The number of nitro groups is 1. The first kappa shape index (κ1) is 16.2. The molecule has 0 atom stereocenters. The van der Waals surface area contributed by atoms with Gasteiger partial charge in [0.05, 0.1) is 11.0 Å². The summed E-state index contributed by atoms with van der Waals surface area (Å²) in [6.45, 7) is 1.13. The number of nitrogens with zero attached hydrogens (tertiary/aromatic N) is 2. The summed E-state index contributed by atoms with van der Waals surface area (Å²) in [4.78, 5) is 20.3. The molecule has 1 aromatic carbocycles. The lowest BCUT2D eigenvalue weighted by Crippen LogP contribution is -2.17. The third kappa shape index (κ3) is 4.97. The highest BCUT2D eigenvalue weighted by Gasteiger charge is 2.32. The Morgan fingerprint density at radius 2 is 2.10 bits per heavy atom. The van der Waals surface area contributed by atoms with Crippen LogP contribution in [0.4, 0.5) is 24.5 Å². The quantitative estimate of drug-likeness (QED) is 0.490. The Morgan fingerprint density at radius 3 is 2.57 bits per heavy atom. The molecule has 0 aromatic heterocycles. The first-order valence-corrected chi connectivity index (χ1v) is 5.18. The van der Waals surface area contributed by atoms with E-state index < -0.39 is 28.7 Å². The number of nitrogens with one attached hydrogen (secondary N) is 1. The fourth-order valence-electron chi connectivity index (χ4n) is 1.15. The lowest BCUT2D eigenvalue weighted by Gasteiger charge is -2.09. The molecule has 0 aliphatic carbocycles. The topological polar surface area (TPSA) is 114 Å². The van der Waals surface area contributed by atoms with Crippen molar-refractivity contribution >= 4 is 23.1 Å². The maximum atomic E-state index is 12.0. The maximum absolute atomic E-state index is 12.0. The monoisotopic (exact) mass is 307 g/mol.